The Hall–Kier alpha value is -0.380. The summed E-state index contributed by atoms with van der Waals surface area (Å²) in [5.74, 6) is 1.14. The van der Waals surface area contributed by atoms with Crippen molar-refractivity contribution in [3.63, 3.8) is 0 Å². The van der Waals surface area contributed by atoms with Crippen molar-refractivity contribution in [2.45, 2.75) is 84.8 Å². The number of hydrogen-bond donors (Lipinski definition) is 3. The molecule has 3 N–H and O–H groups in total. The van der Waals surface area contributed by atoms with E-state index in [1.165, 1.54) is 31.3 Å². The van der Waals surface area contributed by atoms with Crippen LogP contribution in [-0.2, 0) is 0 Å². The summed E-state index contributed by atoms with van der Waals surface area (Å²) < 4.78 is 0. The summed E-state index contributed by atoms with van der Waals surface area (Å²) in [7, 11) is 0. The van der Waals surface area contributed by atoms with Crippen LogP contribution in [0.4, 0.5) is 0 Å². The van der Waals surface area contributed by atoms with Crippen LogP contribution in [-0.4, -0.2) is 33.6 Å². The van der Waals surface area contributed by atoms with E-state index in [4.69, 9.17) is 5.11 Å². The molecule has 0 saturated heterocycles. The van der Waals surface area contributed by atoms with Crippen LogP contribution >= 0.6 is 0 Å². The first-order chi connectivity index (χ1) is 10.5. The fraction of sp³-hybridized carbons (Fsp3) is 0.900. The SMILES string of the molecule is CC1=CCC2C(C)(C)CCC[C@]2(C)[C@H]1CCC(C)(O)[C@@H](O)CO. The Balaban J connectivity index is 2.20. The molecule has 5 atom stereocenters. The largest absolute Gasteiger partial charge is 0.394 e. The summed E-state index contributed by atoms with van der Waals surface area (Å²) >= 11 is 0. The van der Waals surface area contributed by atoms with E-state index < -0.39 is 11.7 Å². The van der Waals surface area contributed by atoms with Crippen molar-refractivity contribution < 1.29 is 15.3 Å². The monoisotopic (exact) mass is 324 g/mol. The molecule has 0 heterocycles. The van der Waals surface area contributed by atoms with E-state index in [0.717, 1.165) is 6.42 Å². The van der Waals surface area contributed by atoms with Gasteiger partial charge in [0.1, 0.15) is 6.10 Å². The first-order valence-corrected chi connectivity index (χ1v) is 9.22. The van der Waals surface area contributed by atoms with Crippen molar-refractivity contribution >= 4 is 0 Å². The Bertz CT molecular complexity index is 452. The van der Waals surface area contributed by atoms with Gasteiger partial charge >= 0.3 is 0 Å². The molecule has 0 aliphatic heterocycles. The van der Waals surface area contributed by atoms with E-state index in [1.807, 2.05) is 0 Å². The fourth-order valence-electron chi connectivity index (χ4n) is 5.49. The quantitative estimate of drug-likeness (QED) is 0.676. The molecule has 0 aromatic carbocycles. The van der Waals surface area contributed by atoms with E-state index in [-0.39, 0.29) is 12.0 Å². The third-order valence-corrected chi connectivity index (χ3v) is 7.13. The standard InChI is InChI=1S/C20H36O3/c1-14-7-8-16-18(2,3)10-6-11-19(16,4)15(14)9-12-20(5,23)17(22)13-21/h7,15-17,21-23H,6,8-13H2,1-5H3/t15-,16?,17-,19+,20?/m0/s1. The van der Waals surface area contributed by atoms with Gasteiger partial charge in [-0.3, -0.25) is 0 Å². The minimum atomic E-state index is -1.22. The van der Waals surface area contributed by atoms with Crippen LogP contribution in [0.25, 0.3) is 0 Å². The van der Waals surface area contributed by atoms with Crippen LogP contribution in [0.3, 0.4) is 0 Å². The van der Waals surface area contributed by atoms with E-state index >= 15 is 0 Å². The summed E-state index contributed by atoms with van der Waals surface area (Å²) in [6.45, 7) is 10.7. The fourth-order valence-corrected chi connectivity index (χ4v) is 5.49. The molecule has 2 aliphatic rings. The number of rotatable bonds is 5. The van der Waals surface area contributed by atoms with Gasteiger partial charge in [0.05, 0.1) is 12.2 Å². The van der Waals surface area contributed by atoms with E-state index in [9.17, 15) is 10.2 Å². The summed E-state index contributed by atoms with van der Waals surface area (Å²) in [6, 6.07) is 0. The molecule has 2 rings (SSSR count). The number of allylic oxidation sites excluding steroid dienone is 2. The van der Waals surface area contributed by atoms with Crippen molar-refractivity contribution in [3.05, 3.63) is 11.6 Å². The average Bonchev–Trinajstić information content (AvgIpc) is 2.44. The average molecular weight is 325 g/mol. The second-order valence-electron chi connectivity index (χ2n) is 9.23. The molecule has 1 saturated carbocycles. The highest BCUT2D eigenvalue weighted by Gasteiger charge is 2.51. The lowest BCUT2D eigenvalue weighted by Crippen LogP contribution is -2.49. The predicted molar refractivity (Wildman–Crippen MR) is 94.0 cm³/mol. The van der Waals surface area contributed by atoms with Gasteiger partial charge in [0.15, 0.2) is 0 Å². The van der Waals surface area contributed by atoms with Gasteiger partial charge < -0.3 is 15.3 Å². The molecular weight excluding hydrogens is 288 g/mol. The lowest BCUT2D eigenvalue weighted by molar-refractivity contribution is -0.0971. The smallest absolute Gasteiger partial charge is 0.105 e. The first-order valence-electron chi connectivity index (χ1n) is 9.22. The van der Waals surface area contributed by atoms with Gasteiger partial charge in [-0.05, 0) is 68.6 Å². The van der Waals surface area contributed by atoms with Gasteiger partial charge in [-0.2, -0.15) is 0 Å². The maximum Gasteiger partial charge on any atom is 0.105 e. The molecule has 23 heavy (non-hydrogen) atoms. The van der Waals surface area contributed by atoms with Gasteiger partial charge in [-0.15, -0.1) is 0 Å². The van der Waals surface area contributed by atoms with Crippen molar-refractivity contribution in [1.29, 1.82) is 0 Å². The van der Waals surface area contributed by atoms with Gasteiger partial charge in [-0.25, -0.2) is 0 Å². The Morgan fingerprint density at radius 1 is 1.30 bits per heavy atom. The summed E-state index contributed by atoms with van der Waals surface area (Å²) in [4.78, 5) is 0. The molecule has 3 nitrogen and oxygen atoms in total. The zero-order valence-corrected chi connectivity index (χ0v) is 15.6. The second kappa shape index (κ2) is 6.50. The topological polar surface area (TPSA) is 60.7 Å². The van der Waals surface area contributed by atoms with Crippen LogP contribution in [0.15, 0.2) is 11.6 Å². The maximum absolute atomic E-state index is 10.5. The van der Waals surface area contributed by atoms with Crippen molar-refractivity contribution in [1.82, 2.24) is 0 Å². The highest BCUT2D eigenvalue weighted by molar-refractivity contribution is 5.18. The normalized spacial score (nSPS) is 37.5. The van der Waals surface area contributed by atoms with Crippen molar-refractivity contribution in [2.24, 2.45) is 22.7 Å². The Morgan fingerprint density at radius 3 is 2.57 bits per heavy atom. The van der Waals surface area contributed by atoms with Gasteiger partial charge in [0.25, 0.3) is 0 Å². The lowest BCUT2D eigenvalue weighted by atomic mass is 9.48. The minimum Gasteiger partial charge on any atom is -0.394 e. The lowest BCUT2D eigenvalue weighted by Gasteiger charge is -2.57. The predicted octanol–water partition coefficient (Wildman–Crippen LogP) is 3.67. The van der Waals surface area contributed by atoms with Crippen LogP contribution in [0.5, 0.6) is 0 Å². The highest BCUT2D eigenvalue weighted by atomic mass is 16.4. The molecule has 2 unspecified atom stereocenters. The first kappa shape index (κ1) is 19.0. The summed E-state index contributed by atoms with van der Waals surface area (Å²) in [5, 5.41) is 29.4. The Labute approximate surface area is 141 Å². The number of aliphatic hydroxyl groups is 3. The van der Waals surface area contributed by atoms with Crippen molar-refractivity contribution in [3.8, 4) is 0 Å². The molecule has 0 aromatic heterocycles. The third-order valence-electron chi connectivity index (χ3n) is 7.13. The van der Waals surface area contributed by atoms with Gasteiger partial charge in [0, 0.05) is 0 Å². The number of hydrogen-bond acceptors (Lipinski definition) is 3. The molecule has 0 amide bonds. The van der Waals surface area contributed by atoms with Crippen LogP contribution in [0.2, 0.25) is 0 Å². The Morgan fingerprint density at radius 2 is 1.96 bits per heavy atom. The summed E-state index contributed by atoms with van der Waals surface area (Å²) in [5.41, 5.74) is 0.870. The van der Waals surface area contributed by atoms with E-state index in [2.05, 4.69) is 33.8 Å². The molecule has 2 aliphatic carbocycles. The molecule has 0 spiro atoms. The van der Waals surface area contributed by atoms with E-state index in [0.29, 0.717) is 23.7 Å². The van der Waals surface area contributed by atoms with Gasteiger partial charge in [0.2, 0.25) is 0 Å². The molecule has 0 radical (unpaired) electrons. The van der Waals surface area contributed by atoms with Crippen LogP contribution in [0, 0.1) is 22.7 Å². The number of fused-ring (bicyclic) bond motifs is 1. The van der Waals surface area contributed by atoms with Crippen LogP contribution < -0.4 is 0 Å². The molecule has 3 heteroatoms. The Kier molecular flexibility index (Phi) is 5.35. The van der Waals surface area contributed by atoms with Crippen molar-refractivity contribution in [2.75, 3.05) is 6.61 Å². The minimum absolute atomic E-state index is 0.279. The highest BCUT2D eigenvalue weighted by Crippen LogP contribution is 2.60. The summed E-state index contributed by atoms with van der Waals surface area (Å²) in [6.07, 6.45) is 7.72. The zero-order chi connectivity index (χ0) is 17.5. The maximum atomic E-state index is 10.5. The van der Waals surface area contributed by atoms with Gasteiger partial charge in [-0.1, -0.05) is 38.8 Å². The third kappa shape index (κ3) is 3.52. The molecular formula is C20H36O3. The zero-order valence-electron chi connectivity index (χ0n) is 15.6. The second-order valence-corrected chi connectivity index (χ2v) is 9.23. The number of aliphatic hydroxyl groups excluding tert-OH is 2. The van der Waals surface area contributed by atoms with Crippen LogP contribution in [0.1, 0.15) is 73.1 Å². The molecule has 134 valence electrons. The van der Waals surface area contributed by atoms with E-state index in [1.54, 1.807) is 6.92 Å². The molecule has 0 bridgehead atoms. The molecule has 1 fully saturated rings. The molecule has 0 aromatic rings.